The maximum Gasteiger partial charge on any atom is 0.133 e. The Bertz CT molecular complexity index is 268. The van der Waals surface area contributed by atoms with Crippen LogP contribution in [0.25, 0.3) is 0 Å². The normalized spacial score (nSPS) is 19.2. The molecule has 1 saturated heterocycles. The van der Waals surface area contributed by atoms with Gasteiger partial charge in [-0.25, -0.2) is 0 Å². The third kappa shape index (κ3) is 2.48. The van der Waals surface area contributed by atoms with Crippen molar-refractivity contribution in [3.63, 3.8) is 0 Å². The summed E-state index contributed by atoms with van der Waals surface area (Å²) in [5.74, 6) is 3.40. The molecule has 1 fully saturated rings. The standard InChI is InChI=1S/C9H14N2OS/c1-8-6-9(10-12-8)7-11-2-4-13-5-3-11/h6H,2-5,7H2,1H3. The van der Waals surface area contributed by atoms with E-state index in [1.54, 1.807) is 0 Å². The zero-order valence-corrected chi connectivity index (χ0v) is 8.64. The summed E-state index contributed by atoms with van der Waals surface area (Å²) in [7, 11) is 0. The first-order chi connectivity index (χ1) is 6.34. The molecule has 1 aliphatic heterocycles. The van der Waals surface area contributed by atoms with Gasteiger partial charge in [-0.3, -0.25) is 4.90 Å². The zero-order chi connectivity index (χ0) is 9.10. The van der Waals surface area contributed by atoms with Gasteiger partial charge in [-0.15, -0.1) is 0 Å². The van der Waals surface area contributed by atoms with E-state index in [9.17, 15) is 0 Å². The second-order valence-corrected chi connectivity index (χ2v) is 4.54. The fourth-order valence-electron chi connectivity index (χ4n) is 1.48. The third-order valence-electron chi connectivity index (χ3n) is 2.17. The van der Waals surface area contributed by atoms with E-state index in [0.717, 1.165) is 18.0 Å². The molecule has 0 aromatic carbocycles. The molecule has 0 saturated carbocycles. The van der Waals surface area contributed by atoms with Crippen LogP contribution in [-0.4, -0.2) is 34.7 Å². The first-order valence-electron chi connectivity index (χ1n) is 4.57. The van der Waals surface area contributed by atoms with Gasteiger partial charge in [0.15, 0.2) is 0 Å². The van der Waals surface area contributed by atoms with Crippen LogP contribution >= 0.6 is 11.8 Å². The van der Waals surface area contributed by atoms with Crippen molar-refractivity contribution in [2.75, 3.05) is 24.6 Å². The van der Waals surface area contributed by atoms with Crippen LogP contribution < -0.4 is 0 Å². The highest BCUT2D eigenvalue weighted by molar-refractivity contribution is 7.99. The molecule has 0 spiro atoms. The molecular formula is C9H14N2OS. The molecule has 13 heavy (non-hydrogen) atoms. The largest absolute Gasteiger partial charge is 0.361 e. The maximum atomic E-state index is 5.02. The van der Waals surface area contributed by atoms with Crippen LogP contribution in [0.5, 0.6) is 0 Å². The van der Waals surface area contributed by atoms with Gasteiger partial charge >= 0.3 is 0 Å². The second-order valence-electron chi connectivity index (χ2n) is 3.32. The van der Waals surface area contributed by atoms with E-state index in [-0.39, 0.29) is 0 Å². The molecule has 4 heteroatoms. The van der Waals surface area contributed by atoms with Crippen LogP contribution in [-0.2, 0) is 6.54 Å². The number of aromatic nitrogens is 1. The molecule has 2 rings (SSSR count). The molecule has 0 atom stereocenters. The number of nitrogens with zero attached hydrogens (tertiary/aromatic N) is 2. The van der Waals surface area contributed by atoms with E-state index in [4.69, 9.17) is 4.52 Å². The smallest absolute Gasteiger partial charge is 0.133 e. The molecule has 1 aliphatic rings. The average Bonchev–Trinajstić information content (AvgIpc) is 2.53. The Morgan fingerprint density at radius 2 is 2.31 bits per heavy atom. The van der Waals surface area contributed by atoms with Crippen LogP contribution in [0.1, 0.15) is 11.5 Å². The third-order valence-corrected chi connectivity index (χ3v) is 3.11. The summed E-state index contributed by atoms with van der Waals surface area (Å²) >= 11 is 2.03. The number of rotatable bonds is 2. The first kappa shape index (κ1) is 9.09. The monoisotopic (exact) mass is 198 g/mol. The minimum Gasteiger partial charge on any atom is -0.361 e. The lowest BCUT2D eigenvalue weighted by atomic mass is 10.3. The van der Waals surface area contributed by atoms with Crippen LogP contribution in [0.15, 0.2) is 10.6 Å². The Morgan fingerprint density at radius 1 is 1.54 bits per heavy atom. The molecule has 2 heterocycles. The number of aryl methyl sites for hydroxylation is 1. The molecule has 1 aromatic rings. The van der Waals surface area contributed by atoms with E-state index in [0.29, 0.717) is 0 Å². The summed E-state index contributed by atoms with van der Waals surface area (Å²) in [6.07, 6.45) is 0. The first-order valence-corrected chi connectivity index (χ1v) is 5.72. The summed E-state index contributed by atoms with van der Waals surface area (Å²) in [5.41, 5.74) is 1.06. The highest BCUT2D eigenvalue weighted by Crippen LogP contribution is 2.12. The van der Waals surface area contributed by atoms with Crippen LogP contribution in [0.3, 0.4) is 0 Å². The van der Waals surface area contributed by atoms with Crippen molar-refractivity contribution in [2.24, 2.45) is 0 Å². The van der Waals surface area contributed by atoms with Crippen LogP contribution in [0.4, 0.5) is 0 Å². The van der Waals surface area contributed by atoms with Gasteiger partial charge < -0.3 is 4.52 Å². The molecule has 0 radical (unpaired) electrons. The van der Waals surface area contributed by atoms with Crippen molar-refractivity contribution in [1.29, 1.82) is 0 Å². The predicted molar refractivity (Wildman–Crippen MR) is 53.8 cm³/mol. The molecule has 0 N–H and O–H groups in total. The van der Waals surface area contributed by atoms with Crippen molar-refractivity contribution < 1.29 is 4.52 Å². The Labute approximate surface area is 82.5 Å². The van der Waals surface area contributed by atoms with Gasteiger partial charge in [-0.05, 0) is 6.92 Å². The van der Waals surface area contributed by atoms with Crippen molar-refractivity contribution in [1.82, 2.24) is 10.1 Å². The van der Waals surface area contributed by atoms with E-state index < -0.39 is 0 Å². The Kier molecular flexibility index (Phi) is 2.90. The molecular weight excluding hydrogens is 184 g/mol. The zero-order valence-electron chi connectivity index (χ0n) is 7.82. The summed E-state index contributed by atoms with van der Waals surface area (Å²) in [5, 5.41) is 3.99. The molecule has 0 aliphatic carbocycles. The van der Waals surface area contributed by atoms with Gasteiger partial charge in [0, 0.05) is 37.2 Å². The Balaban J connectivity index is 1.89. The highest BCUT2D eigenvalue weighted by atomic mass is 32.2. The van der Waals surface area contributed by atoms with E-state index in [2.05, 4.69) is 10.1 Å². The van der Waals surface area contributed by atoms with Crippen LogP contribution in [0, 0.1) is 6.92 Å². The van der Waals surface area contributed by atoms with Gasteiger partial charge in [-0.1, -0.05) is 5.16 Å². The predicted octanol–water partition coefficient (Wildman–Crippen LogP) is 1.53. The van der Waals surface area contributed by atoms with E-state index >= 15 is 0 Å². The van der Waals surface area contributed by atoms with Gasteiger partial charge in [-0.2, -0.15) is 11.8 Å². The van der Waals surface area contributed by atoms with Crippen molar-refractivity contribution in [3.05, 3.63) is 17.5 Å². The lowest BCUT2D eigenvalue weighted by Gasteiger charge is -2.24. The lowest BCUT2D eigenvalue weighted by molar-refractivity contribution is 0.281. The highest BCUT2D eigenvalue weighted by Gasteiger charge is 2.12. The molecule has 72 valence electrons. The topological polar surface area (TPSA) is 29.3 Å². The molecule has 3 nitrogen and oxygen atoms in total. The summed E-state index contributed by atoms with van der Waals surface area (Å²) in [6, 6.07) is 2.02. The summed E-state index contributed by atoms with van der Waals surface area (Å²) < 4.78 is 5.02. The Hall–Kier alpha value is -0.480. The molecule has 0 amide bonds. The summed E-state index contributed by atoms with van der Waals surface area (Å²) in [4.78, 5) is 2.42. The summed E-state index contributed by atoms with van der Waals surface area (Å²) in [6.45, 7) is 5.23. The Morgan fingerprint density at radius 3 is 2.92 bits per heavy atom. The second kappa shape index (κ2) is 4.15. The number of thioether (sulfide) groups is 1. The molecule has 0 bridgehead atoms. The van der Waals surface area contributed by atoms with Gasteiger partial charge in [0.1, 0.15) is 5.76 Å². The van der Waals surface area contributed by atoms with E-state index in [1.165, 1.54) is 24.6 Å². The fraction of sp³-hybridized carbons (Fsp3) is 0.667. The lowest BCUT2D eigenvalue weighted by Crippen LogP contribution is -2.32. The molecule has 0 unspecified atom stereocenters. The van der Waals surface area contributed by atoms with Crippen molar-refractivity contribution >= 4 is 11.8 Å². The van der Waals surface area contributed by atoms with Crippen LogP contribution in [0.2, 0.25) is 0 Å². The molecule has 1 aromatic heterocycles. The number of hydrogen-bond donors (Lipinski definition) is 0. The minimum absolute atomic E-state index is 0.904. The van der Waals surface area contributed by atoms with Gasteiger partial charge in [0.25, 0.3) is 0 Å². The van der Waals surface area contributed by atoms with Gasteiger partial charge in [0.05, 0.1) is 5.69 Å². The minimum atomic E-state index is 0.904. The van der Waals surface area contributed by atoms with Gasteiger partial charge in [0.2, 0.25) is 0 Å². The SMILES string of the molecule is Cc1cc(CN2CCSCC2)no1. The fourth-order valence-corrected chi connectivity index (χ4v) is 2.46. The quantitative estimate of drug-likeness (QED) is 0.720. The van der Waals surface area contributed by atoms with E-state index in [1.807, 2.05) is 24.8 Å². The average molecular weight is 198 g/mol. The van der Waals surface area contributed by atoms with Crippen molar-refractivity contribution in [2.45, 2.75) is 13.5 Å². The van der Waals surface area contributed by atoms with Crippen molar-refractivity contribution in [3.8, 4) is 0 Å². The number of hydrogen-bond acceptors (Lipinski definition) is 4. The maximum absolute atomic E-state index is 5.02.